The normalized spacial score (nSPS) is 11.5. The second-order valence-corrected chi connectivity index (χ2v) is 6.50. The van der Waals surface area contributed by atoms with Gasteiger partial charge in [-0.3, -0.25) is 0 Å². The number of thiophene rings is 1. The van der Waals surface area contributed by atoms with Crippen LogP contribution in [0.3, 0.4) is 0 Å². The van der Waals surface area contributed by atoms with E-state index in [1.807, 2.05) is 13.0 Å². The third-order valence-electron chi connectivity index (χ3n) is 3.22. The van der Waals surface area contributed by atoms with E-state index in [0.717, 1.165) is 22.3 Å². The van der Waals surface area contributed by atoms with Gasteiger partial charge in [-0.2, -0.15) is 8.75 Å². The lowest BCUT2D eigenvalue weighted by Crippen LogP contribution is -2.17. The molecule has 0 fully saturated rings. The maximum absolute atomic E-state index is 12.6. The van der Waals surface area contributed by atoms with E-state index in [9.17, 15) is 13.2 Å². The van der Waals surface area contributed by atoms with Crippen molar-refractivity contribution in [2.45, 2.75) is 13.3 Å². The maximum Gasteiger partial charge on any atom is 0.573 e. The fourth-order valence-electron chi connectivity index (χ4n) is 2.15. The summed E-state index contributed by atoms with van der Waals surface area (Å²) in [4.78, 5) is 1.48. The minimum atomic E-state index is -4.73. The Morgan fingerprint density at radius 3 is 2.54 bits per heavy atom. The van der Waals surface area contributed by atoms with Crippen molar-refractivity contribution in [2.75, 3.05) is 0 Å². The average Bonchev–Trinajstić information content (AvgIpc) is 3.14. The van der Waals surface area contributed by atoms with Crippen molar-refractivity contribution >= 4 is 28.6 Å². The van der Waals surface area contributed by atoms with Crippen molar-refractivity contribution in [3.63, 3.8) is 0 Å². The quantitative estimate of drug-likeness (QED) is 0.607. The Morgan fingerprint density at radius 2 is 1.88 bits per heavy atom. The molecule has 2 aromatic heterocycles. The summed E-state index contributed by atoms with van der Waals surface area (Å²) in [7, 11) is 0. The zero-order chi connectivity index (χ0) is 17.3. The third-order valence-corrected chi connectivity index (χ3v) is 5.02. The molecular formula is C16H11F3N2OS2. The fraction of sp³-hybridized carbons (Fsp3) is 0.125. The number of alkyl halides is 3. The summed E-state index contributed by atoms with van der Waals surface area (Å²) in [6.07, 6.45) is -4.73. The number of ether oxygens (including phenoxy) is 1. The number of aromatic nitrogens is 2. The van der Waals surface area contributed by atoms with Gasteiger partial charge < -0.3 is 4.74 Å². The number of hydrogen-bond donors (Lipinski definition) is 0. The summed E-state index contributed by atoms with van der Waals surface area (Å²) in [5.74, 6) is -0.226. The first kappa shape index (κ1) is 16.7. The molecule has 3 nitrogen and oxygen atoms in total. The third kappa shape index (κ3) is 3.49. The summed E-state index contributed by atoms with van der Waals surface area (Å²) in [6, 6.07) is 9.62. The zero-order valence-electron chi connectivity index (χ0n) is 12.4. The predicted octanol–water partition coefficient (Wildman–Crippen LogP) is 5.54. The molecule has 3 aromatic rings. The highest BCUT2D eigenvalue weighted by molar-refractivity contribution is 7.16. The monoisotopic (exact) mass is 368 g/mol. The smallest absolute Gasteiger partial charge is 0.405 e. The lowest BCUT2D eigenvalue weighted by Gasteiger charge is -2.12. The van der Waals surface area contributed by atoms with Gasteiger partial charge in [0.1, 0.15) is 11.4 Å². The van der Waals surface area contributed by atoms with Crippen molar-refractivity contribution in [1.82, 2.24) is 8.75 Å². The van der Waals surface area contributed by atoms with Crippen LogP contribution in [0.4, 0.5) is 13.2 Å². The molecule has 0 radical (unpaired) electrons. The molecule has 0 aliphatic carbocycles. The van der Waals surface area contributed by atoms with Gasteiger partial charge in [0.15, 0.2) is 0 Å². The van der Waals surface area contributed by atoms with Gasteiger partial charge in [-0.1, -0.05) is 18.7 Å². The standard InChI is InChI=1S/C16H11F3N2OS2/c1-9(15-10(2)20-24-21-15)13-7-8-14(23-13)11-5-3-4-6-12(11)22-16(17,18)19/h3-8H,1H2,2H3. The van der Waals surface area contributed by atoms with Gasteiger partial charge >= 0.3 is 6.36 Å². The minimum Gasteiger partial charge on any atom is -0.405 e. The van der Waals surface area contributed by atoms with Crippen molar-refractivity contribution in [3.05, 3.63) is 59.2 Å². The van der Waals surface area contributed by atoms with E-state index in [1.54, 1.807) is 18.2 Å². The van der Waals surface area contributed by atoms with Crippen molar-refractivity contribution < 1.29 is 17.9 Å². The first-order valence-corrected chi connectivity index (χ1v) is 8.33. The number of benzene rings is 1. The van der Waals surface area contributed by atoms with Crippen molar-refractivity contribution in [3.8, 4) is 16.2 Å². The van der Waals surface area contributed by atoms with Crippen LogP contribution < -0.4 is 4.74 Å². The molecule has 0 aliphatic heterocycles. The largest absolute Gasteiger partial charge is 0.573 e. The molecule has 0 atom stereocenters. The van der Waals surface area contributed by atoms with E-state index in [-0.39, 0.29) is 5.75 Å². The van der Waals surface area contributed by atoms with Gasteiger partial charge in [0.2, 0.25) is 0 Å². The first-order valence-electron chi connectivity index (χ1n) is 6.79. The van der Waals surface area contributed by atoms with E-state index in [1.165, 1.54) is 23.5 Å². The van der Waals surface area contributed by atoms with Crippen LogP contribution >= 0.6 is 23.1 Å². The Balaban J connectivity index is 1.94. The highest BCUT2D eigenvalue weighted by Gasteiger charge is 2.32. The predicted molar refractivity (Wildman–Crippen MR) is 89.2 cm³/mol. The van der Waals surface area contributed by atoms with Gasteiger partial charge in [0, 0.05) is 20.9 Å². The van der Waals surface area contributed by atoms with Crippen LogP contribution in [-0.4, -0.2) is 15.1 Å². The summed E-state index contributed by atoms with van der Waals surface area (Å²) >= 11 is 2.43. The zero-order valence-corrected chi connectivity index (χ0v) is 14.1. The van der Waals surface area contributed by atoms with E-state index in [0.29, 0.717) is 21.7 Å². The number of hydrogen-bond acceptors (Lipinski definition) is 5. The second kappa shape index (κ2) is 6.37. The van der Waals surface area contributed by atoms with Crippen molar-refractivity contribution in [2.24, 2.45) is 0 Å². The molecule has 0 N–H and O–H groups in total. The maximum atomic E-state index is 12.6. The SMILES string of the molecule is C=C(c1ccc(-c2ccccc2OC(F)(F)F)s1)c1nsnc1C. The van der Waals surface area contributed by atoms with Gasteiger partial charge in [0.25, 0.3) is 0 Å². The lowest BCUT2D eigenvalue weighted by atomic mass is 10.1. The second-order valence-electron chi connectivity index (χ2n) is 4.88. The number of halogens is 3. The summed E-state index contributed by atoms with van der Waals surface area (Å²) in [5, 5.41) is 0. The van der Waals surface area contributed by atoms with Crippen molar-refractivity contribution in [1.29, 1.82) is 0 Å². The summed E-state index contributed by atoms with van der Waals surface area (Å²) in [5.41, 5.74) is 2.56. The molecule has 0 saturated heterocycles. The fourth-order valence-corrected chi connectivity index (χ4v) is 3.73. The molecule has 1 aromatic carbocycles. The molecule has 0 spiro atoms. The highest BCUT2D eigenvalue weighted by Crippen LogP contribution is 2.39. The Kier molecular flexibility index (Phi) is 4.42. The number of para-hydroxylation sites is 1. The topological polar surface area (TPSA) is 35.0 Å². The molecule has 3 rings (SSSR count). The average molecular weight is 368 g/mol. The lowest BCUT2D eigenvalue weighted by molar-refractivity contribution is -0.274. The molecule has 2 heterocycles. The van der Waals surface area contributed by atoms with Crippen LogP contribution in [0.5, 0.6) is 5.75 Å². The van der Waals surface area contributed by atoms with Gasteiger partial charge in [-0.05, 0) is 31.2 Å². The number of nitrogens with zero attached hydrogens (tertiary/aromatic N) is 2. The Labute approximate surface area is 144 Å². The van der Waals surface area contributed by atoms with Gasteiger partial charge in [0.05, 0.1) is 17.4 Å². The minimum absolute atomic E-state index is 0.226. The van der Waals surface area contributed by atoms with Crippen LogP contribution in [0, 0.1) is 6.92 Å². The van der Waals surface area contributed by atoms with Crippen LogP contribution in [0.2, 0.25) is 0 Å². The first-order chi connectivity index (χ1) is 11.3. The summed E-state index contributed by atoms with van der Waals surface area (Å²) < 4.78 is 50.1. The van der Waals surface area contributed by atoms with Crippen LogP contribution in [0.1, 0.15) is 16.3 Å². The number of rotatable bonds is 4. The Morgan fingerprint density at radius 1 is 1.12 bits per heavy atom. The Hall–Kier alpha value is -2.19. The van der Waals surface area contributed by atoms with Gasteiger partial charge in [-0.25, -0.2) is 0 Å². The molecule has 8 heteroatoms. The van der Waals surface area contributed by atoms with Crippen LogP contribution in [0.15, 0.2) is 43.0 Å². The molecule has 24 heavy (non-hydrogen) atoms. The molecule has 0 bridgehead atoms. The molecular weight excluding hydrogens is 357 g/mol. The van der Waals surface area contributed by atoms with Crippen LogP contribution in [0.25, 0.3) is 16.0 Å². The molecule has 0 unspecified atom stereocenters. The molecule has 0 aliphatic rings. The van der Waals surface area contributed by atoms with E-state index in [4.69, 9.17) is 0 Å². The van der Waals surface area contributed by atoms with Crippen LogP contribution in [-0.2, 0) is 0 Å². The Bertz CT molecular complexity index is 883. The molecule has 0 amide bonds. The highest BCUT2D eigenvalue weighted by atomic mass is 32.1. The molecule has 0 saturated carbocycles. The summed E-state index contributed by atoms with van der Waals surface area (Å²) in [6.45, 7) is 5.86. The number of aryl methyl sites for hydroxylation is 1. The van der Waals surface area contributed by atoms with E-state index >= 15 is 0 Å². The van der Waals surface area contributed by atoms with Gasteiger partial charge in [-0.15, -0.1) is 24.5 Å². The van der Waals surface area contributed by atoms with E-state index < -0.39 is 6.36 Å². The van der Waals surface area contributed by atoms with E-state index in [2.05, 4.69) is 20.1 Å². The molecule has 124 valence electrons.